The van der Waals surface area contributed by atoms with Gasteiger partial charge in [0.1, 0.15) is 5.75 Å². The minimum atomic E-state index is -0.726. The Balaban J connectivity index is 2.47. The van der Waals surface area contributed by atoms with Crippen LogP contribution in [0.5, 0.6) is 5.75 Å². The van der Waals surface area contributed by atoms with Gasteiger partial charge in [0.2, 0.25) is 0 Å². The largest absolute Gasteiger partial charge is 0.466 e. The molecule has 1 N–H and O–H groups in total. The molecule has 1 atom stereocenters. The summed E-state index contributed by atoms with van der Waals surface area (Å²) in [5.74, 6) is 0.621. The van der Waals surface area contributed by atoms with Crippen molar-refractivity contribution in [2.24, 2.45) is 0 Å². The Morgan fingerprint density at radius 1 is 1.33 bits per heavy atom. The Labute approximate surface area is 116 Å². The normalized spacial score (nSPS) is 12.4. The van der Waals surface area contributed by atoms with Gasteiger partial charge < -0.3 is 19.3 Å². The third-order valence-corrected chi connectivity index (χ3v) is 2.80. The monoisotopic (exact) mass is 294 g/mol. The third kappa shape index (κ3) is 5.00. The first-order chi connectivity index (χ1) is 8.69. The van der Waals surface area contributed by atoms with Crippen molar-refractivity contribution in [3.8, 4) is 5.75 Å². The highest BCUT2D eigenvalue weighted by Gasteiger charge is 2.09. The van der Waals surface area contributed by atoms with Gasteiger partial charge in [-0.3, -0.25) is 0 Å². The van der Waals surface area contributed by atoms with Gasteiger partial charge in [0.15, 0.2) is 6.79 Å². The first kappa shape index (κ1) is 15.5. The van der Waals surface area contributed by atoms with Gasteiger partial charge in [0.05, 0.1) is 30.2 Å². The Bertz CT molecular complexity index is 360. The second kappa shape index (κ2) is 8.56. The molecule has 18 heavy (non-hydrogen) atoms. The average molecular weight is 295 g/mol. The molecular weight excluding hydrogens is 279 g/mol. The summed E-state index contributed by atoms with van der Waals surface area (Å²) in [4.78, 5) is 0. The molecule has 4 nitrogen and oxygen atoms in total. The lowest BCUT2D eigenvalue weighted by Gasteiger charge is -2.11. The summed E-state index contributed by atoms with van der Waals surface area (Å²) in [6.07, 6.45) is -0.726. The van der Waals surface area contributed by atoms with Gasteiger partial charge in [-0.05, 0) is 17.7 Å². The highest BCUT2D eigenvalue weighted by molar-refractivity contribution is 6.32. The molecule has 0 aromatic heterocycles. The molecule has 0 amide bonds. The second-order valence-electron chi connectivity index (χ2n) is 3.52. The molecule has 1 aromatic carbocycles. The van der Waals surface area contributed by atoms with Crippen LogP contribution in [0.25, 0.3) is 0 Å². The molecule has 0 saturated carbocycles. The van der Waals surface area contributed by atoms with Crippen LogP contribution in [0.3, 0.4) is 0 Å². The second-order valence-corrected chi connectivity index (χ2v) is 4.24. The van der Waals surface area contributed by atoms with E-state index < -0.39 is 6.10 Å². The quantitative estimate of drug-likeness (QED) is 0.455. The third-order valence-electron chi connectivity index (χ3n) is 2.22. The van der Waals surface area contributed by atoms with Crippen molar-refractivity contribution in [2.45, 2.75) is 6.10 Å². The zero-order chi connectivity index (χ0) is 13.4. The minimum absolute atomic E-state index is 0.0977. The lowest BCUT2D eigenvalue weighted by Crippen LogP contribution is -2.08. The topological polar surface area (TPSA) is 47.9 Å². The fourth-order valence-corrected chi connectivity index (χ4v) is 1.66. The summed E-state index contributed by atoms with van der Waals surface area (Å²) in [5.41, 5.74) is 0.655. The SMILES string of the molecule is COCCOCOc1ccc(C(O)CCl)cc1Cl. The molecule has 1 rings (SSSR count). The highest BCUT2D eigenvalue weighted by Crippen LogP contribution is 2.28. The maximum Gasteiger partial charge on any atom is 0.189 e. The molecule has 6 heteroatoms. The smallest absolute Gasteiger partial charge is 0.189 e. The van der Waals surface area contributed by atoms with Crippen LogP contribution in [0.2, 0.25) is 5.02 Å². The van der Waals surface area contributed by atoms with Gasteiger partial charge in [-0.1, -0.05) is 17.7 Å². The molecule has 102 valence electrons. The minimum Gasteiger partial charge on any atom is -0.466 e. The van der Waals surface area contributed by atoms with Crippen molar-refractivity contribution in [1.82, 2.24) is 0 Å². The number of benzene rings is 1. The van der Waals surface area contributed by atoms with E-state index in [2.05, 4.69) is 0 Å². The molecule has 1 unspecified atom stereocenters. The van der Waals surface area contributed by atoms with Crippen molar-refractivity contribution in [1.29, 1.82) is 0 Å². The van der Waals surface area contributed by atoms with Crippen molar-refractivity contribution in [3.05, 3.63) is 28.8 Å². The summed E-state index contributed by atoms with van der Waals surface area (Å²) in [6.45, 7) is 1.07. The number of aliphatic hydroxyl groups is 1. The van der Waals surface area contributed by atoms with Crippen LogP contribution in [0.15, 0.2) is 18.2 Å². The number of alkyl halides is 1. The fraction of sp³-hybridized carbons (Fsp3) is 0.500. The van der Waals surface area contributed by atoms with E-state index in [4.69, 9.17) is 37.4 Å². The van der Waals surface area contributed by atoms with Gasteiger partial charge in [0.25, 0.3) is 0 Å². The molecule has 0 bridgehead atoms. The molecular formula is C12H16Cl2O4. The summed E-state index contributed by atoms with van der Waals surface area (Å²) >= 11 is 11.6. The van der Waals surface area contributed by atoms with E-state index in [1.54, 1.807) is 25.3 Å². The summed E-state index contributed by atoms with van der Waals surface area (Å²) < 4.78 is 15.3. The number of methoxy groups -OCH3 is 1. The average Bonchev–Trinajstić information content (AvgIpc) is 2.39. The molecule has 0 saturated heterocycles. The van der Waals surface area contributed by atoms with Crippen LogP contribution < -0.4 is 4.74 Å². The summed E-state index contributed by atoms with van der Waals surface area (Å²) in [5, 5.41) is 9.96. The fourth-order valence-electron chi connectivity index (χ4n) is 1.24. The number of hydrogen-bond donors (Lipinski definition) is 1. The maximum atomic E-state index is 9.55. The van der Waals surface area contributed by atoms with Gasteiger partial charge in [-0.2, -0.15) is 0 Å². The summed E-state index contributed by atoms with van der Waals surface area (Å²) in [7, 11) is 1.60. The Hall–Kier alpha value is -0.520. The summed E-state index contributed by atoms with van der Waals surface area (Å²) in [6, 6.07) is 5.01. The van der Waals surface area contributed by atoms with E-state index >= 15 is 0 Å². The van der Waals surface area contributed by atoms with Crippen molar-refractivity contribution < 1.29 is 19.3 Å². The van der Waals surface area contributed by atoms with Gasteiger partial charge in [-0.15, -0.1) is 11.6 Å². The Kier molecular flexibility index (Phi) is 7.39. The maximum absolute atomic E-state index is 9.55. The molecule has 0 spiro atoms. The van der Waals surface area contributed by atoms with Crippen molar-refractivity contribution in [2.75, 3.05) is 33.0 Å². The highest BCUT2D eigenvalue weighted by atomic mass is 35.5. The van der Waals surface area contributed by atoms with Gasteiger partial charge in [-0.25, -0.2) is 0 Å². The number of halogens is 2. The van der Waals surface area contributed by atoms with E-state index in [-0.39, 0.29) is 12.7 Å². The number of ether oxygens (including phenoxy) is 3. The number of rotatable bonds is 8. The first-order valence-electron chi connectivity index (χ1n) is 5.42. The molecule has 0 fully saturated rings. The molecule has 0 aliphatic carbocycles. The number of aliphatic hydroxyl groups excluding tert-OH is 1. The Morgan fingerprint density at radius 3 is 2.72 bits per heavy atom. The van der Waals surface area contributed by atoms with E-state index in [9.17, 15) is 5.11 Å². The van der Waals surface area contributed by atoms with E-state index in [1.807, 2.05) is 0 Å². The van der Waals surface area contributed by atoms with Gasteiger partial charge >= 0.3 is 0 Å². The molecule has 0 aliphatic rings. The van der Waals surface area contributed by atoms with E-state index in [0.29, 0.717) is 29.5 Å². The molecule has 0 heterocycles. The molecule has 0 aliphatic heterocycles. The lowest BCUT2D eigenvalue weighted by molar-refractivity contribution is -0.00844. The van der Waals surface area contributed by atoms with Crippen molar-refractivity contribution in [3.63, 3.8) is 0 Å². The van der Waals surface area contributed by atoms with Crippen LogP contribution in [-0.2, 0) is 9.47 Å². The van der Waals surface area contributed by atoms with Crippen LogP contribution in [0.4, 0.5) is 0 Å². The van der Waals surface area contributed by atoms with Crippen molar-refractivity contribution >= 4 is 23.2 Å². The van der Waals surface area contributed by atoms with Crippen LogP contribution in [0.1, 0.15) is 11.7 Å². The molecule has 0 radical (unpaired) electrons. The van der Waals surface area contributed by atoms with Gasteiger partial charge in [0, 0.05) is 7.11 Å². The lowest BCUT2D eigenvalue weighted by atomic mass is 10.1. The zero-order valence-corrected chi connectivity index (χ0v) is 11.6. The van der Waals surface area contributed by atoms with E-state index in [1.165, 1.54) is 0 Å². The number of hydrogen-bond acceptors (Lipinski definition) is 4. The zero-order valence-electron chi connectivity index (χ0n) is 10.1. The predicted octanol–water partition coefficient (Wildman–Crippen LogP) is 2.61. The van der Waals surface area contributed by atoms with Crippen LogP contribution in [0, 0.1) is 0 Å². The molecule has 1 aromatic rings. The first-order valence-corrected chi connectivity index (χ1v) is 6.33. The Morgan fingerprint density at radius 2 is 2.11 bits per heavy atom. The van der Waals surface area contributed by atoms with Crippen LogP contribution >= 0.6 is 23.2 Å². The van der Waals surface area contributed by atoms with Crippen LogP contribution in [-0.4, -0.2) is 38.1 Å². The predicted molar refractivity (Wildman–Crippen MR) is 70.5 cm³/mol. The van der Waals surface area contributed by atoms with E-state index in [0.717, 1.165) is 0 Å². The standard InChI is InChI=1S/C12H16Cl2O4/c1-16-4-5-17-8-18-12-3-2-9(6-10(12)14)11(15)7-13/h2-3,6,11,15H,4-5,7-8H2,1H3.